The average molecular weight is 262 g/mol. The molecule has 6 heteroatoms. The first-order valence-corrected chi connectivity index (χ1v) is 8.34. The average Bonchev–Trinajstić information content (AvgIpc) is 2.31. The normalized spacial score (nSPS) is 28.0. The molecule has 1 unspecified atom stereocenters. The highest BCUT2D eigenvalue weighted by Gasteiger charge is 2.23. The fourth-order valence-corrected chi connectivity index (χ4v) is 3.98. The number of thioether (sulfide) groups is 1. The lowest BCUT2D eigenvalue weighted by Gasteiger charge is -2.29. The van der Waals surface area contributed by atoms with E-state index in [1.165, 1.54) is 0 Å². The van der Waals surface area contributed by atoms with Crippen molar-refractivity contribution in [1.29, 1.82) is 0 Å². The van der Waals surface area contributed by atoms with Gasteiger partial charge in [-0.1, -0.05) is 0 Å². The van der Waals surface area contributed by atoms with Crippen molar-refractivity contribution in [3.05, 3.63) is 0 Å². The van der Waals surface area contributed by atoms with Crippen LogP contribution in [-0.2, 0) is 15.6 Å². The number of carbonyl (C=O) groups is 1. The molecule has 0 spiro atoms. The highest BCUT2D eigenvalue weighted by molar-refractivity contribution is 7.99. The molecule has 2 aliphatic rings. The zero-order chi connectivity index (χ0) is 11.4. The van der Waals surface area contributed by atoms with Crippen LogP contribution < -0.4 is 5.32 Å². The van der Waals surface area contributed by atoms with Crippen molar-refractivity contribution in [2.24, 2.45) is 0 Å². The van der Waals surface area contributed by atoms with Crippen molar-refractivity contribution >= 4 is 28.5 Å². The minimum Gasteiger partial charge on any atom is -0.341 e. The second-order valence-electron chi connectivity index (χ2n) is 4.16. The number of nitrogens with one attached hydrogen (secondary N) is 1. The fourth-order valence-electron chi connectivity index (χ4n) is 1.98. The van der Waals surface area contributed by atoms with E-state index < -0.39 is 10.8 Å². The lowest BCUT2D eigenvalue weighted by atomic mass is 10.2. The molecule has 2 aliphatic heterocycles. The van der Waals surface area contributed by atoms with Gasteiger partial charge in [-0.15, -0.1) is 0 Å². The van der Waals surface area contributed by atoms with Crippen molar-refractivity contribution in [1.82, 2.24) is 10.2 Å². The molecule has 1 amide bonds. The van der Waals surface area contributed by atoms with Crippen LogP contribution in [0.5, 0.6) is 0 Å². The second kappa shape index (κ2) is 6.02. The van der Waals surface area contributed by atoms with Gasteiger partial charge in [0, 0.05) is 65.9 Å². The molecule has 16 heavy (non-hydrogen) atoms. The number of hydrogen-bond donors (Lipinski definition) is 1. The maximum atomic E-state index is 12.0. The van der Waals surface area contributed by atoms with Gasteiger partial charge >= 0.3 is 0 Å². The summed E-state index contributed by atoms with van der Waals surface area (Å²) < 4.78 is 11.2. The Kier molecular flexibility index (Phi) is 4.66. The minimum absolute atomic E-state index is 0.219. The molecular formula is C10H18N2O2S2. The van der Waals surface area contributed by atoms with Crippen LogP contribution in [0.2, 0.25) is 0 Å². The Morgan fingerprint density at radius 3 is 2.81 bits per heavy atom. The lowest BCUT2D eigenvalue weighted by molar-refractivity contribution is -0.131. The van der Waals surface area contributed by atoms with E-state index in [-0.39, 0.29) is 5.91 Å². The molecule has 1 atom stereocenters. The molecule has 0 bridgehead atoms. The van der Waals surface area contributed by atoms with Crippen molar-refractivity contribution in [3.8, 4) is 0 Å². The molecule has 2 heterocycles. The molecular weight excluding hydrogens is 244 g/mol. The van der Waals surface area contributed by atoms with Gasteiger partial charge in [-0.3, -0.25) is 9.00 Å². The molecule has 2 saturated heterocycles. The van der Waals surface area contributed by atoms with Crippen LogP contribution in [0.1, 0.15) is 6.42 Å². The third-order valence-corrected chi connectivity index (χ3v) is 5.36. The SMILES string of the molecule is O=C(CC1CSCCN1)N1CCS(=O)CC1. The van der Waals surface area contributed by atoms with E-state index >= 15 is 0 Å². The van der Waals surface area contributed by atoms with Gasteiger partial charge in [0.05, 0.1) is 0 Å². The van der Waals surface area contributed by atoms with E-state index in [1.807, 2.05) is 16.7 Å². The summed E-state index contributed by atoms with van der Waals surface area (Å²) in [6, 6.07) is 0.332. The number of rotatable bonds is 2. The van der Waals surface area contributed by atoms with Crippen molar-refractivity contribution in [2.45, 2.75) is 12.5 Å². The predicted molar refractivity (Wildman–Crippen MR) is 68.2 cm³/mol. The van der Waals surface area contributed by atoms with E-state index in [9.17, 15) is 9.00 Å². The highest BCUT2D eigenvalue weighted by atomic mass is 32.2. The Bertz CT molecular complexity index is 270. The van der Waals surface area contributed by atoms with Gasteiger partial charge in [0.15, 0.2) is 0 Å². The van der Waals surface area contributed by atoms with Crippen LogP contribution in [0.15, 0.2) is 0 Å². The predicted octanol–water partition coefficient (Wildman–Crippen LogP) is -0.328. The first-order valence-electron chi connectivity index (χ1n) is 5.69. The van der Waals surface area contributed by atoms with Crippen LogP contribution in [0.25, 0.3) is 0 Å². The Balaban J connectivity index is 1.76. The summed E-state index contributed by atoms with van der Waals surface area (Å²) in [4.78, 5) is 13.8. The Morgan fingerprint density at radius 2 is 2.19 bits per heavy atom. The van der Waals surface area contributed by atoms with Gasteiger partial charge in [0.2, 0.25) is 5.91 Å². The maximum Gasteiger partial charge on any atom is 0.224 e. The quantitative estimate of drug-likeness (QED) is 0.740. The van der Waals surface area contributed by atoms with Crippen molar-refractivity contribution in [3.63, 3.8) is 0 Å². The van der Waals surface area contributed by atoms with E-state index in [4.69, 9.17) is 0 Å². The molecule has 0 aliphatic carbocycles. The second-order valence-corrected chi connectivity index (χ2v) is 7.00. The molecule has 2 fully saturated rings. The zero-order valence-electron chi connectivity index (χ0n) is 9.31. The fraction of sp³-hybridized carbons (Fsp3) is 0.900. The standard InChI is InChI=1S/C10H18N2O2S2/c13-10(7-9-8-15-4-1-11-9)12-2-5-16(14)6-3-12/h9,11H,1-8H2. The Hall–Kier alpha value is -0.0700. The molecule has 0 radical (unpaired) electrons. The third kappa shape index (κ3) is 3.46. The molecule has 0 aromatic carbocycles. The van der Waals surface area contributed by atoms with E-state index in [0.717, 1.165) is 18.1 Å². The molecule has 0 aromatic rings. The topological polar surface area (TPSA) is 49.4 Å². The summed E-state index contributed by atoms with van der Waals surface area (Å²) in [5, 5.41) is 3.37. The number of carbonyl (C=O) groups excluding carboxylic acids is 1. The monoisotopic (exact) mass is 262 g/mol. The van der Waals surface area contributed by atoms with Crippen LogP contribution in [0.4, 0.5) is 0 Å². The summed E-state index contributed by atoms with van der Waals surface area (Å²) >= 11 is 1.91. The first-order chi connectivity index (χ1) is 7.75. The van der Waals surface area contributed by atoms with Gasteiger partial charge in [0.1, 0.15) is 0 Å². The van der Waals surface area contributed by atoms with E-state index in [2.05, 4.69) is 5.32 Å². The minimum atomic E-state index is -0.698. The van der Waals surface area contributed by atoms with Crippen LogP contribution in [-0.4, -0.2) is 63.7 Å². The third-order valence-electron chi connectivity index (χ3n) is 2.95. The summed E-state index contributed by atoms with van der Waals surface area (Å²) in [7, 11) is -0.698. The van der Waals surface area contributed by atoms with Gasteiger partial charge < -0.3 is 10.2 Å². The van der Waals surface area contributed by atoms with Crippen molar-refractivity contribution in [2.75, 3.05) is 42.6 Å². The van der Waals surface area contributed by atoms with Gasteiger partial charge in [-0.05, 0) is 0 Å². The largest absolute Gasteiger partial charge is 0.341 e. The van der Waals surface area contributed by atoms with Crippen LogP contribution in [0.3, 0.4) is 0 Å². The first kappa shape index (κ1) is 12.4. The lowest BCUT2D eigenvalue weighted by Crippen LogP contribution is -2.46. The Labute approximate surface area is 103 Å². The van der Waals surface area contributed by atoms with Gasteiger partial charge in [-0.25, -0.2) is 0 Å². The van der Waals surface area contributed by atoms with Crippen LogP contribution in [0, 0.1) is 0 Å². The van der Waals surface area contributed by atoms with Gasteiger partial charge in [0.25, 0.3) is 0 Å². The molecule has 4 nitrogen and oxygen atoms in total. The summed E-state index contributed by atoms with van der Waals surface area (Å²) in [6.07, 6.45) is 0.597. The molecule has 1 N–H and O–H groups in total. The summed E-state index contributed by atoms with van der Waals surface area (Å²) in [5.41, 5.74) is 0. The van der Waals surface area contributed by atoms with E-state index in [1.54, 1.807) is 0 Å². The Morgan fingerprint density at radius 1 is 1.44 bits per heavy atom. The number of hydrogen-bond acceptors (Lipinski definition) is 4. The summed E-state index contributed by atoms with van der Waals surface area (Å²) in [6.45, 7) is 2.35. The summed E-state index contributed by atoms with van der Waals surface area (Å²) in [5.74, 6) is 3.70. The number of nitrogens with zero attached hydrogens (tertiary/aromatic N) is 1. The smallest absolute Gasteiger partial charge is 0.224 e. The highest BCUT2D eigenvalue weighted by Crippen LogP contribution is 2.12. The maximum absolute atomic E-state index is 12.0. The van der Waals surface area contributed by atoms with Gasteiger partial charge in [-0.2, -0.15) is 11.8 Å². The number of amides is 1. The molecule has 0 aromatic heterocycles. The van der Waals surface area contributed by atoms with Crippen molar-refractivity contribution < 1.29 is 9.00 Å². The zero-order valence-corrected chi connectivity index (χ0v) is 10.9. The van der Waals surface area contributed by atoms with Crippen LogP contribution >= 0.6 is 11.8 Å². The molecule has 2 rings (SSSR count). The van der Waals surface area contributed by atoms with E-state index in [0.29, 0.717) is 37.1 Å². The molecule has 0 saturated carbocycles. The molecule has 92 valence electrons.